The standard InChI is InChI=1S/C21H30N4O/c1-17-5-3-12-24(15-17)13-4-10-23-21(26)20-8-6-19(7-9-20)16-25-14-11-22-18(25)2/h6-9,11,14,17H,3-5,10,12-13,15-16H2,1-2H3,(H,23,26)/t17-/m1/s1. The number of rotatable bonds is 7. The van der Waals surface area contributed by atoms with Crippen LogP contribution >= 0.6 is 0 Å². The van der Waals surface area contributed by atoms with E-state index in [0.717, 1.165) is 43.4 Å². The van der Waals surface area contributed by atoms with E-state index < -0.39 is 0 Å². The zero-order valence-electron chi connectivity index (χ0n) is 15.9. The van der Waals surface area contributed by atoms with Gasteiger partial charge in [0.1, 0.15) is 5.82 Å². The van der Waals surface area contributed by atoms with E-state index in [4.69, 9.17) is 0 Å². The molecule has 1 saturated heterocycles. The molecule has 1 atom stereocenters. The quantitative estimate of drug-likeness (QED) is 0.778. The number of benzene rings is 1. The van der Waals surface area contributed by atoms with Gasteiger partial charge in [0, 0.05) is 37.6 Å². The first-order valence-electron chi connectivity index (χ1n) is 9.69. The maximum absolute atomic E-state index is 12.3. The summed E-state index contributed by atoms with van der Waals surface area (Å²) in [4.78, 5) is 19.0. The lowest BCUT2D eigenvalue weighted by Gasteiger charge is -2.30. The maximum atomic E-state index is 12.3. The lowest BCUT2D eigenvalue weighted by molar-refractivity contribution is 0.0950. The number of likely N-dealkylation sites (tertiary alicyclic amines) is 1. The molecule has 5 nitrogen and oxygen atoms in total. The van der Waals surface area contributed by atoms with Crippen LogP contribution in [0.15, 0.2) is 36.7 Å². The van der Waals surface area contributed by atoms with E-state index in [9.17, 15) is 4.79 Å². The van der Waals surface area contributed by atoms with Gasteiger partial charge in [0.15, 0.2) is 0 Å². The average molecular weight is 354 g/mol. The fourth-order valence-electron chi connectivity index (χ4n) is 3.63. The molecule has 26 heavy (non-hydrogen) atoms. The molecule has 2 aromatic rings. The van der Waals surface area contributed by atoms with Crippen molar-refractivity contribution in [2.75, 3.05) is 26.2 Å². The summed E-state index contributed by atoms with van der Waals surface area (Å²) in [5.74, 6) is 1.82. The number of imidazole rings is 1. The number of hydrogen-bond donors (Lipinski definition) is 1. The fraction of sp³-hybridized carbons (Fsp3) is 0.524. The van der Waals surface area contributed by atoms with Crippen LogP contribution in [0.1, 0.15) is 47.9 Å². The van der Waals surface area contributed by atoms with Crippen molar-refractivity contribution in [3.05, 3.63) is 53.6 Å². The second-order valence-corrected chi connectivity index (χ2v) is 7.46. The normalized spacial score (nSPS) is 18.0. The van der Waals surface area contributed by atoms with Crippen LogP contribution in [-0.2, 0) is 6.54 Å². The van der Waals surface area contributed by atoms with E-state index in [1.807, 2.05) is 43.6 Å². The van der Waals surface area contributed by atoms with Gasteiger partial charge < -0.3 is 14.8 Å². The third kappa shape index (κ3) is 5.18. The van der Waals surface area contributed by atoms with Crippen LogP contribution in [0.4, 0.5) is 0 Å². The van der Waals surface area contributed by atoms with Gasteiger partial charge in [0.05, 0.1) is 0 Å². The van der Waals surface area contributed by atoms with Gasteiger partial charge in [0.2, 0.25) is 0 Å². The molecule has 5 heteroatoms. The third-order valence-electron chi connectivity index (χ3n) is 5.17. The summed E-state index contributed by atoms with van der Waals surface area (Å²) in [5.41, 5.74) is 1.89. The highest BCUT2D eigenvalue weighted by Crippen LogP contribution is 2.15. The topological polar surface area (TPSA) is 50.2 Å². The lowest BCUT2D eigenvalue weighted by atomic mass is 10.0. The monoisotopic (exact) mass is 354 g/mol. The van der Waals surface area contributed by atoms with Crippen LogP contribution in [0.5, 0.6) is 0 Å². The van der Waals surface area contributed by atoms with Crippen molar-refractivity contribution >= 4 is 5.91 Å². The second-order valence-electron chi connectivity index (χ2n) is 7.46. The van der Waals surface area contributed by atoms with Gasteiger partial charge in [-0.2, -0.15) is 0 Å². The van der Waals surface area contributed by atoms with Crippen LogP contribution in [0, 0.1) is 12.8 Å². The van der Waals surface area contributed by atoms with Crippen LogP contribution in [0.25, 0.3) is 0 Å². The molecule has 1 fully saturated rings. The third-order valence-corrected chi connectivity index (χ3v) is 5.17. The Labute approximate surface area is 156 Å². The molecule has 1 amide bonds. The Hall–Kier alpha value is -2.14. The van der Waals surface area contributed by atoms with Crippen LogP contribution in [0.2, 0.25) is 0 Å². The summed E-state index contributed by atoms with van der Waals surface area (Å²) >= 11 is 0. The minimum atomic E-state index is 0.0161. The molecular formula is C21H30N4O. The number of hydrogen-bond acceptors (Lipinski definition) is 3. The van der Waals surface area contributed by atoms with Crippen molar-refractivity contribution < 1.29 is 4.79 Å². The van der Waals surface area contributed by atoms with Crippen molar-refractivity contribution in [1.29, 1.82) is 0 Å². The molecule has 0 bridgehead atoms. The number of carbonyl (C=O) groups excluding carboxylic acids is 1. The second kappa shape index (κ2) is 8.99. The van der Waals surface area contributed by atoms with Gasteiger partial charge in [0.25, 0.3) is 5.91 Å². The minimum absolute atomic E-state index is 0.0161. The zero-order valence-corrected chi connectivity index (χ0v) is 15.9. The predicted octanol–water partition coefficient (Wildman–Crippen LogP) is 3.09. The first-order chi connectivity index (χ1) is 12.6. The number of nitrogens with zero attached hydrogens (tertiary/aromatic N) is 3. The van der Waals surface area contributed by atoms with E-state index in [-0.39, 0.29) is 5.91 Å². The van der Waals surface area contributed by atoms with Crippen molar-refractivity contribution in [2.24, 2.45) is 5.92 Å². The summed E-state index contributed by atoms with van der Waals surface area (Å²) in [6, 6.07) is 7.85. The Bertz CT molecular complexity index is 707. The van der Waals surface area contributed by atoms with Crippen molar-refractivity contribution in [2.45, 2.75) is 39.7 Å². The van der Waals surface area contributed by atoms with E-state index in [1.165, 1.54) is 31.5 Å². The first kappa shape index (κ1) is 18.6. The number of amides is 1. The maximum Gasteiger partial charge on any atom is 0.251 e. The van der Waals surface area contributed by atoms with Crippen LogP contribution in [0.3, 0.4) is 0 Å². The molecule has 0 saturated carbocycles. The highest BCUT2D eigenvalue weighted by molar-refractivity contribution is 5.94. The van der Waals surface area contributed by atoms with Crippen LogP contribution in [-0.4, -0.2) is 46.5 Å². The number of nitrogens with one attached hydrogen (secondary N) is 1. The Balaban J connectivity index is 1.41. The Kier molecular flexibility index (Phi) is 6.45. The smallest absolute Gasteiger partial charge is 0.251 e. The SMILES string of the molecule is Cc1nccn1Cc1ccc(C(=O)NCCCN2CCC[C@@H](C)C2)cc1. The molecule has 3 rings (SSSR count). The molecule has 1 aromatic heterocycles. The fourth-order valence-corrected chi connectivity index (χ4v) is 3.63. The van der Waals surface area contributed by atoms with E-state index in [1.54, 1.807) is 0 Å². The Morgan fingerprint density at radius 1 is 1.31 bits per heavy atom. The number of piperidine rings is 1. The Morgan fingerprint density at radius 3 is 2.81 bits per heavy atom. The van der Waals surface area contributed by atoms with Gasteiger partial charge in [-0.1, -0.05) is 19.1 Å². The van der Waals surface area contributed by atoms with E-state index in [0.29, 0.717) is 0 Å². The van der Waals surface area contributed by atoms with Gasteiger partial charge in [-0.25, -0.2) is 4.98 Å². The molecule has 1 N–H and O–H groups in total. The van der Waals surface area contributed by atoms with Gasteiger partial charge in [-0.05, 0) is 62.9 Å². The van der Waals surface area contributed by atoms with Crippen LogP contribution < -0.4 is 5.32 Å². The van der Waals surface area contributed by atoms with E-state index >= 15 is 0 Å². The van der Waals surface area contributed by atoms with Gasteiger partial charge in [-0.15, -0.1) is 0 Å². The summed E-state index contributed by atoms with van der Waals surface area (Å²) in [6.45, 7) is 9.32. The largest absolute Gasteiger partial charge is 0.352 e. The van der Waals surface area contributed by atoms with E-state index in [2.05, 4.69) is 26.7 Å². The predicted molar refractivity (Wildman–Crippen MR) is 104 cm³/mol. The Morgan fingerprint density at radius 2 is 2.12 bits per heavy atom. The van der Waals surface area contributed by atoms with Gasteiger partial charge >= 0.3 is 0 Å². The summed E-state index contributed by atoms with van der Waals surface area (Å²) in [6.07, 6.45) is 7.44. The molecule has 140 valence electrons. The molecule has 1 aliphatic heterocycles. The van der Waals surface area contributed by atoms with Crippen molar-refractivity contribution in [3.63, 3.8) is 0 Å². The summed E-state index contributed by atoms with van der Waals surface area (Å²) in [7, 11) is 0. The summed E-state index contributed by atoms with van der Waals surface area (Å²) < 4.78 is 2.09. The molecule has 2 heterocycles. The van der Waals surface area contributed by atoms with Crippen molar-refractivity contribution in [3.8, 4) is 0 Å². The molecule has 0 aliphatic carbocycles. The highest BCUT2D eigenvalue weighted by Gasteiger charge is 2.15. The minimum Gasteiger partial charge on any atom is -0.352 e. The molecule has 1 aliphatic rings. The number of aryl methyl sites for hydroxylation is 1. The molecule has 0 unspecified atom stereocenters. The molecule has 1 aromatic carbocycles. The molecule has 0 radical (unpaired) electrons. The molecule has 0 spiro atoms. The number of aromatic nitrogens is 2. The molecular weight excluding hydrogens is 324 g/mol. The zero-order chi connectivity index (χ0) is 18.4. The summed E-state index contributed by atoms with van der Waals surface area (Å²) in [5, 5.41) is 3.04. The lowest BCUT2D eigenvalue weighted by Crippen LogP contribution is -2.36. The van der Waals surface area contributed by atoms with Crippen molar-refractivity contribution in [1.82, 2.24) is 19.8 Å². The average Bonchev–Trinajstić information content (AvgIpc) is 3.04. The van der Waals surface area contributed by atoms with Gasteiger partial charge in [-0.3, -0.25) is 4.79 Å². The highest BCUT2D eigenvalue weighted by atomic mass is 16.1. The number of carbonyl (C=O) groups is 1. The first-order valence-corrected chi connectivity index (χ1v) is 9.69.